The second-order valence-electron chi connectivity index (χ2n) is 2.59. The van der Waals surface area contributed by atoms with Gasteiger partial charge in [-0.15, -0.1) is 11.3 Å². The predicted molar refractivity (Wildman–Crippen MR) is 49.4 cm³/mol. The van der Waals surface area contributed by atoms with Gasteiger partial charge in [0.15, 0.2) is 0 Å². The van der Waals surface area contributed by atoms with Gasteiger partial charge in [0.05, 0.1) is 13.5 Å². The van der Waals surface area contributed by atoms with Crippen molar-refractivity contribution in [1.82, 2.24) is 0 Å². The fourth-order valence-electron chi connectivity index (χ4n) is 0.947. The maximum absolute atomic E-state index is 10.8. The second kappa shape index (κ2) is 4.26. The van der Waals surface area contributed by atoms with Crippen molar-refractivity contribution in [1.29, 1.82) is 0 Å². The molecule has 2 nitrogen and oxygen atoms in total. The molecule has 0 atom stereocenters. The summed E-state index contributed by atoms with van der Waals surface area (Å²) in [4.78, 5) is 13.3. The maximum Gasteiger partial charge on any atom is 0.305 e. The quantitative estimate of drug-likeness (QED) is 0.673. The Balaban J connectivity index is 2.38. The molecule has 0 bridgehead atoms. The third kappa shape index (κ3) is 2.66. The molecule has 0 aliphatic carbocycles. The molecule has 3 heteroatoms. The number of thiophene rings is 1. The molecule has 1 aromatic heterocycles. The lowest BCUT2D eigenvalue weighted by Crippen LogP contribution is -2.00. The summed E-state index contributed by atoms with van der Waals surface area (Å²) >= 11 is 1.73. The van der Waals surface area contributed by atoms with Gasteiger partial charge in [-0.3, -0.25) is 4.79 Å². The summed E-state index contributed by atoms with van der Waals surface area (Å²) in [5.74, 6) is -0.138. The molecule has 0 amide bonds. The Bertz CT molecular complexity index is 265. The number of carbonyl (C=O) groups excluding carboxylic acids is 1. The lowest BCUT2D eigenvalue weighted by molar-refractivity contribution is -0.140. The van der Waals surface area contributed by atoms with E-state index in [1.165, 1.54) is 16.9 Å². The monoisotopic (exact) mass is 184 g/mol. The van der Waals surface area contributed by atoms with E-state index in [0.717, 1.165) is 6.42 Å². The largest absolute Gasteiger partial charge is 0.469 e. The Hall–Kier alpha value is -0.830. The fraction of sp³-hybridized carbons (Fsp3) is 0.444. The molecule has 0 spiro atoms. The Morgan fingerprint density at radius 2 is 2.33 bits per heavy atom. The number of aryl methyl sites for hydroxylation is 2. The van der Waals surface area contributed by atoms with Crippen molar-refractivity contribution in [3.05, 3.63) is 21.9 Å². The Labute approximate surface area is 76.2 Å². The van der Waals surface area contributed by atoms with Gasteiger partial charge in [-0.2, -0.15) is 0 Å². The lowest BCUT2D eigenvalue weighted by atomic mass is 10.3. The molecule has 66 valence electrons. The zero-order valence-electron chi connectivity index (χ0n) is 7.29. The van der Waals surface area contributed by atoms with E-state index in [1.54, 1.807) is 11.3 Å². The van der Waals surface area contributed by atoms with Gasteiger partial charge in [-0.1, -0.05) is 0 Å². The maximum atomic E-state index is 10.8. The van der Waals surface area contributed by atoms with Gasteiger partial charge >= 0.3 is 5.97 Å². The lowest BCUT2D eigenvalue weighted by Gasteiger charge is -1.95. The SMILES string of the molecule is COC(=O)CCc1ccc(C)s1. The minimum atomic E-state index is -0.138. The van der Waals surface area contributed by atoms with Gasteiger partial charge in [-0.05, 0) is 25.5 Å². The first kappa shape index (κ1) is 9.26. The van der Waals surface area contributed by atoms with Crippen molar-refractivity contribution in [2.75, 3.05) is 7.11 Å². The van der Waals surface area contributed by atoms with E-state index in [0.29, 0.717) is 6.42 Å². The van der Waals surface area contributed by atoms with Crippen molar-refractivity contribution in [2.24, 2.45) is 0 Å². The van der Waals surface area contributed by atoms with Crippen LogP contribution in [-0.4, -0.2) is 13.1 Å². The Kier molecular flexibility index (Phi) is 3.29. The zero-order valence-corrected chi connectivity index (χ0v) is 8.11. The molecule has 0 N–H and O–H groups in total. The number of esters is 1. The summed E-state index contributed by atoms with van der Waals surface area (Å²) in [6, 6.07) is 4.13. The third-order valence-electron chi connectivity index (χ3n) is 1.60. The first-order valence-corrected chi connectivity index (χ1v) is 4.66. The Morgan fingerprint density at radius 3 is 2.83 bits per heavy atom. The van der Waals surface area contributed by atoms with Crippen LogP contribution in [0, 0.1) is 6.92 Å². The summed E-state index contributed by atoms with van der Waals surface area (Å²) in [5, 5.41) is 0. The molecule has 0 saturated heterocycles. The van der Waals surface area contributed by atoms with Crippen LogP contribution in [0.15, 0.2) is 12.1 Å². The van der Waals surface area contributed by atoms with Crippen LogP contribution in [-0.2, 0) is 16.0 Å². The molecule has 0 aliphatic heterocycles. The minimum absolute atomic E-state index is 0.138. The van der Waals surface area contributed by atoms with E-state index in [9.17, 15) is 4.79 Å². The summed E-state index contributed by atoms with van der Waals surface area (Å²) < 4.78 is 4.54. The molecule has 0 aliphatic rings. The Morgan fingerprint density at radius 1 is 1.58 bits per heavy atom. The smallest absolute Gasteiger partial charge is 0.305 e. The average molecular weight is 184 g/mol. The molecule has 1 rings (SSSR count). The van der Waals surface area contributed by atoms with E-state index in [2.05, 4.69) is 23.8 Å². The average Bonchev–Trinajstić information content (AvgIpc) is 2.47. The number of hydrogen-bond acceptors (Lipinski definition) is 3. The van der Waals surface area contributed by atoms with Crippen molar-refractivity contribution in [3.63, 3.8) is 0 Å². The standard InChI is InChI=1S/C9H12O2S/c1-7-3-4-8(12-7)5-6-9(10)11-2/h3-4H,5-6H2,1-2H3. The van der Waals surface area contributed by atoms with Crippen LogP contribution in [0.4, 0.5) is 0 Å². The number of rotatable bonds is 3. The van der Waals surface area contributed by atoms with Crippen LogP contribution in [0.1, 0.15) is 16.2 Å². The summed E-state index contributed by atoms with van der Waals surface area (Å²) in [5.41, 5.74) is 0. The van der Waals surface area contributed by atoms with E-state index < -0.39 is 0 Å². The minimum Gasteiger partial charge on any atom is -0.469 e. The van der Waals surface area contributed by atoms with E-state index in [-0.39, 0.29) is 5.97 Å². The fourth-order valence-corrected chi connectivity index (χ4v) is 1.84. The predicted octanol–water partition coefficient (Wildman–Crippen LogP) is 2.16. The highest BCUT2D eigenvalue weighted by Crippen LogP contribution is 2.16. The van der Waals surface area contributed by atoms with Crippen LogP contribution in [0.3, 0.4) is 0 Å². The number of hydrogen-bond donors (Lipinski definition) is 0. The van der Waals surface area contributed by atoms with Gasteiger partial charge in [-0.25, -0.2) is 0 Å². The number of methoxy groups -OCH3 is 1. The van der Waals surface area contributed by atoms with Crippen molar-refractivity contribution < 1.29 is 9.53 Å². The molecule has 0 aromatic carbocycles. The molecule has 0 unspecified atom stereocenters. The summed E-state index contributed by atoms with van der Waals surface area (Å²) in [6.45, 7) is 2.06. The first-order chi connectivity index (χ1) is 5.72. The summed E-state index contributed by atoms with van der Waals surface area (Å²) in [6.07, 6.45) is 1.28. The molecule has 12 heavy (non-hydrogen) atoms. The van der Waals surface area contributed by atoms with Gasteiger partial charge < -0.3 is 4.74 Å². The molecule has 0 fully saturated rings. The van der Waals surface area contributed by atoms with Gasteiger partial charge in [0, 0.05) is 9.75 Å². The van der Waals surface area contributed by atoms with E-state index in [1.807, 2.05) is 0 Å². The molecule has 0 saturated carbocycles. The molecule has 0 radical (unpaired) electrons. The highest BCUT2D eigenvalue weighted by molar-refractivity contribution is 7.11. The zero-order chi connectivity index (χ0) is 8.97. The van der Waals surface area contributed by atoms with Crippen LogP contribution in [0.25, 0.3) is 0 Å². The number of ether oxygens (including phenoxy) is 1. The van der Waals surface area contributed by atoms with Crippen molar-refractivity contribution >= 4 is 17.3 Å². The molecule has 1 heterocycles. The second-order valence-corrected chi connectivity index (χ2v) is 3.96. The van der Waals surface area contributed by atoms with Crippen LogP contribution in [0.5, 0.6) is 0 Å². The van der Waals surface area contributed by atoms with Gasteiger partial charge in [0.1, 0.15) is 0 Å². The van der Waals surface area contributed by atoms with Gasteiger partial charge in [0.25, 0.3) is 0 Å². The van der Waals surface area contributed by atoms with Gasteiger partial charge in [0.2, 0.25) is 0 Å². The topological polar surface area (TPSA) is 26.3 Å². The summed E-state index contributed by atoms with van der Waals surface area (Å²) in [7, 11) is 1.42. The third-order valence-corrected chi connectivity index (χ3v) is 2.66. The van der Waals surface area contributed by atoms with E-state index in [4.69, 9.17) is 0 Å². The normalized spacial score (nSPS) is 9.83. The molecule has 1 aromatic rings. The van der Waals surface area contributed by atoms with Crippen molar-refractivity contribution in [2.45, 2.75) is 19.8 Å². The van der Waals surface area contributed by atoms with Crippen LogP contribution >= 0.6 is 11.3 Å². The number of carbonyl (C=O) groups is 1. The highest BCUT2D eigenvalue weighted by atomic mass is 32.1. The highest BCUT2D eigenvalue weighted by Gasteiger charge is 2.02. The van der Waals surface area contributed by atoms with Crippen LogP contribution in [0.2, 0.25) is 0 Å². The van der Waals surface area contributed by atoms with Crippen molar-refractivity contribution in [3.8, 4) is 0 Å². The molecular weight excluding hydrogens is 172 g/mol. The first-order valence-electron chi connectivity index (χ1n) is 3.84. The van der Waals surface area contributed by atoms with Crippen LogP contribution < -0.4 is 0 Å². The van der Waals surface area contributed by atoms with E-state index >= 15 is 0 Å². The molecular formula is C9H12O2S.